The first-order chi connectivity index (χ1) is 4.74. The third-order valence-corrected chi connectivity index (χ3v) is 2.16. The van der Waals surface area contributed by atoms with Gasteiger partial charge < -0.3 is 0 Å². The predicted octanol–water partition coefficient (Wildman–Crippen LogP) is 2.94. The molecule has 0 fully saturated rings. The van der Waals surface area contributed by atoms with Crippen LogP contribution in [0.5, 0.6) is 0 Å². The molecular weight excluding hydrogens is 213 g/mol. The minimum Gasteiger partial charge on any atom is -0.260 e. The van der Waals surface area contributed by atoms with Crippen molar-refractivity contribution < 1.29 is 0 Å². The SMILES string of the molecule is Cc1cc(CBr)c(Cl)cn1. The Balaban J connectivity index is 3.09. The maximum atomic E-state index is 5.80. The van der Waals surface area contributed by atoms with Gasteiger partial charge in [-0.15, -0.1) is 0 Å². The summed E-state index contributed by atoms with van der Waals surface area (Å²) in [6.07, 6.45) is 1.67. The quantitative estimate of drug-likeness (QED) is 0.663. The normalized spacial score (nSPS) is 9.90. The van der Waals surface area contributed by atoms with Crippen molar-refractivity contribution in [1.82, 2.24) is 4.98 Å². The Hall–Kier alpha value is -0.0800. The molecule has 10 heavy (non-hydrogen) atoms. The van der Waals surface area contributed by atoms with Crippen LogP contribution in [-0.2, 0) is 5.33 Å². The lowest BCUT2D eigenvalue weighted by atomic mass is 10.2. The Morgan fingerprint density at radius 2 is 2.40 bits per heavy atom. The molecule has 0 atom stereocenters. The van der Waals surface area contributed by atoms with Crippen LogP contribution in [0.2, 0.25) is 5.02 Å². The summed E-state index contributed by atoms with van der Waals surface area (Å²) in [6, 6.07) is 1.97. The maximum absolute atomic E-state index is 5.80. The zero-order chi connectivity index (χ0) is 7.56. The lowest BCUT2D eigenvalue weighted by molar-refractivity contribution is 1.17. The van der Waals surface area contributed by atoms with E-state index in [0.29, 0.717) is 0 Å². The number of aryl methyl sites for hydroxylation is 1. The Labute approximate surface area is 73.6 Å². The van der Waals surface area contributed by atoms with Gasteiger partial charge in [-0.25, -0.2) is 0 Å². The highest BCUT2D eigenvalue weighted by molar-refractivity contribution is 9.08. The molecular formula is C7H7BrClN. The van der Waals surface area contributed by atoms with E-state index >= 15 is 0 Å². The van der Waals surface area contributed by atoms with Gasteiger partial charge in [0.15, 0.2) is 0 Å². The summed E-state index contributed by atoms with van der Waals surface area (Å²) in [5.74, 6) is 0. The molecule has 54 valence electrons. The molecule has 0 N–H and O–H groups in total. The van der Waals surface area contributed by atoms with E-state index in [2.05, 4.69) is 20.9 Å². The smallest absolute Gasteiger partial charge is 0.0630 e. The molecule has 0 aromatic carbocycles. The summed E-state index contributed by atoms with van der Waals surface area (Å²) in [7, 11) is 0. The van der Waals surface area contributed by atoms with Crippen LogP contribution in [0, 0.1) is 6.92 Å². The number of nitrogens with zero attached hydrogens (tertiary/aromatic N) is 1. The van der Waals surface area contributed by atoms with Crippen molar-refractivity contribution in [1.29, 1.82) is 0 Å². The highest BCUT2D eigenvalue weighted by Crippen LogP contribution is 2.17. The van der Waals surface area contributed by atoms with Crippen molar-refractivity contribution in [3.63, 3.8) is 0 Å². The molecule has 0 spiro atoms. The molecule has 0 bridgehead atoms. The summed E-state index contributed by atoms with van der Waals surface area (Å²) in [6.45, 7) is 1.95. The number of rotatable bonds is 1. The second-order valence-electron chi connectivity index (χ2n) is 2.05. The van der Waals surface area contributed by atoms with E-state index in [1.807, 2.05) is 13.0 Å². The molecule has 0 saturated carbocycles. The molecule has 0 saturated heterocycles. The molecule has 0 aliphatic heterocycles. The van der Waals surface area contributed by atoms with Gasteiger partial charge in [0, 0.05) is 17.2 Å². The predicted molar refractivity (Wildman–Crippen MR) is 46.6 cm³/mol. The fraction of sp³-hybridized carbons (Fsp3) is 0.286. The van der Waals surface area contributed by atoms with Crippen LogP contribution in [0.1, 0.15) is 11.3 Å². The number of pyridine rings is 1. The maximum Gasteiger partial charge on any atom is 0.0630 e. The Morgan fingerprint density at radius 3 is 2.90 bits per heavy atom. The van der Waals surface area contributed by atoms with Crippen molar-refractivity contribution in [3.8, 4) is 0 Å². The van der Waals surface area contributed by atoms with E-state index in [0.717, 1.165) is 21.6 Å². The molecule has 0 unspecified atom stereocenters. The highest BCUT2D eigenvalue weighted by atomic mass is 79.9. The Kier molecular flexibility index (Phi) is 2.69. The van der Waals surface area contributed by atoms with Gasteiger partial charge in [0.1, 0.15) is 0 Å². The van der Waals surface area contributed by atoms with Crippen LogP contribution in [-0.4, -0.2) is 4.98 Å². The van der Waals surface area contributed by atoms with Gasteiger partial charge in [-0.2, -0.15) is 0 Å². The average molecular weight is 220 g/mol. The summed E-state index contributed by atoms with van der Waals surface area (Å²) in [5.41, 5.74) is 2.09. The standard InChI is InChI=1S/C7H7BrClN/c1-5-2-6(3-8)7(9)4-10-5/h2,4H,3H2,1H3. The largest absolute Gasteiger partial charge is 0.260 e. The summed E-state index contributed by atoms with van der Waals surface area (Å²) in [4.78, 5) is 4.03. The number of alkyl halides is 1. The molecule has 0 aliphatic rings. The van der Waals surface area contributed by atoms with Crippen LogP contribution in [0.15, 0.2) is 12.3 Å². The van der Waals surface area contributed by atoms with Crippen molar-refractivity contribution in [2.75, 3.05) is 0 Å². The zero-order valence-corrected chi connectivity index (χ0v) is 7.91. The number of halogens is 2. The van der Waals surface area contributed by atoms with E-state index in [9.17, 15) is 0 Å². The van der Waals surface area contributed by atoms with Crippen LogP contribution in [0.25, 0.3) is 0 Å². The molecule has 0 aliphatic carbocycles. The zero-order valence-electron chi connectivity index (χ0n) is 5.56. The molecule has 1 nitrogen and oxygen atoms in total. The Morgan fingerprint density at radius 1 is 1.70 bits per heavy atom. The number of aromatic nitrogens is 1. The molecule has 1 rings (SSSR count). The number of hydrogen-bond donors (Lipinski definition) is 0. The van der Waals surface area contributed by atoms with Crippen LogP contribution in [0.4, 0.5) is 0 Å². The van der Waals surface area contributed by atoms with Crippen molar-refractivity contribution in [2.24, 2.45) is 0 Å². The van der Waals surface area contributed by atoms with E-state index < -0.39 is 0 Å². The van der Waals surface area contributed by atoms with Gasteiger partial charge in [0.2, 0.25) is 0 Å². The molecule has 3 heteroatoms. The lowest BCUT2D eigenvalue weighted by Crippen LogP contribution is -1.85. The lowest BCUT2D eigenvalue weighted by Gasteiger charge is -1.98. The van der Waals surface area contributed by atoms with Gasteiger partial charge in [0.05, 0.1) is 5.02 Å². The third-order valence-electron chi connectivity index (χ3n) is 1.22. The molecule has 1 aromatic heterocycles. The monoisotopic (exact) mass is 219 g/mol. The second kappa shape index (κ2) is 3.35. The highest BCUT2D eigenvalue weighted by Gasteiger charge is 1.97. The van der Waals surface area contributed by atoms with E-state index in [4.69, 9.17) is 11.6 Å². The summed E-state index contributed by atoms with van der Waals surface area (Å²) < 4.78 is 0. The minimum atomic E-state index is 0.725. The van der Waals surface area contributed by atoms with Gasteiger partial charge in [0.25, 0.3) is 0 Å². The first-order valence-corrected chi connectivity index (χ1v) is 4.41. The Bertz CT molecular complexity index is 237. The van der Waals surface area contributed by atoms with Gasteiger partial charge in [-0.1, -0.05) is 27.5 Å². The van der Waals surface area contributed by atoms with Crippen LogP contribution < -0.4 is 0 Å². The molecule has 1 heterocycles. The number of hydrogen-bond acceptors (Lipinski definition) is 1. The van der Waals surface area contributed by atoms with Crippen LogP contribution >= 0.6 is 27.5 Å². The molecule has 1 aromatic rings. The molecule has 0 radical (unpaired) electrons. The van der Waals surface area contributed by atoms with E-state index in [1.54, 1.807) is 6.20 Å². The third kappa shape index (κ3) is 1.70. The van der Waals surface area contributed by atoms with E-state index in [-0.39, 0.29) is 0 Å². The fourth-order valence-corrected chi connectivity index (χ4v) is 1.50. The van der Waals surface area contributed by atoms with Crippen LogP contribution in [0.3, 0.4) is 0 Å². The van der Waals surface area contributed by atoms with Crippen molar-refractivity contribution in [2.45, 2.75) is 12.3 Å². The van der Waals surface area contributed by atoms with Gasteiger partial charge in [-0.05, 0) is 18.6 Å². The van der Waals surface area contributed by atoms with Crippen molar-refractivity contribution in [3.05, 3.63) is 28.5 Å². The van der Waals surface area contributed by atoms with E-state index in [1.165, 1.54) is 0 Å². The topological polar surface area (TPSA) is 12.9 Å². The second-order valence-corrected chi connectivity index (χ2v) is 3.02. The summed E-state index contributed by atoms with van der Waals surface area (Å²) in [5, 5.41) is 1.51. The minimum absolute atomic E-state index is 0.725. The van der Waals surface area contributed by atoms with Gasteiger partial charge in [-0.3, -0.25) is 4.98 Å². The fourth-order valence-electron chi connectivity index (χ4n) is 0.702. The first-order valence-electron chi connectivity index (χ1n) is 2.91. The molecule has 0 amide bonds. The van der Waals surface area contributed by atoms with Crippen molar-refractivity contribution >= 4 is 27.5 Å². The van der Waals surface area contributed by atoms with Gasteiger partial charge >= 0.3 is 0 Å². The average Bonchev–Trinajstić information content (AvgIpc) is 1.94. The summed E-state index contributed by atoms with van der Waals surface area (Å²) >= 11 is 9.13. The first kappa shape index (κ1) is 8.02.